The molecule has 23 heavy (non-hydrogen) atoms. The summed E-state index contributed by atoms with van der Waals surface area (Å²) in [6, 6.07) is 6.62. The topological polar surface area (TPSA) is 119 Å². The van der Waals surface area contributed by atoms with Crippen molar-refractivity contribution in [2.45, 2.75) is 17.5 Å². The molecule has 2 rings (SSSR count). The Balaban J connectivity index is 0.000000322. The van der Waals surface area contributed by atoms with Gasteiger partial charge in [0.1, 0.15) is 4.90 Å². The van der Waals surface area contributed by atoms with Gasteiger partial charge in [-0.2, -0.15) is 21.6 Å². The van der Waals surface area contributed by atoms with Crippen LogP contribution < -0.4 is 5.73 Å². The Morgan fingerprint density at radius 3 is 2.39 bits per heavy atom. The third kappa shape index (κ3) is 5.21. The molecule has 128 valence electrons. The predicted octanol–water partition coefficient (Wildman–Crippen LogP) is 1.13. The van der Waals surface area contributed by atoms with E-state index in [1.54, 1.807) is 18.2 Å². The molecule has 0 saturated carbocycles. The van der Waals surface area contributed by atoms with Crippen molar-refractivity contribution in [3.63, 3.8) is 0 Å². The molecule has 1 aliphatic rings. The number of alkyl halides is 3. The average molecular weight is 354 g/mol. The van der Waals surface area contributed by atoms with Crippen LogP contribution in [0, 0.1) is 0 Å². The molecule has 0 amide bonds. The van der Waals surface area contributed by atoms with E-state index < -0.39 is 22.2 Å². The quantitative estimate of drug-likeness (QED) is 0.786. The number of nitrogens with zero attached hydrogens (tertiary/aromatic N) is 1. The molecule has 3 N–H and O–H groups in total. The molecule has 0 radical (unpaired) electrons. The SMILES string of the molecule is NCCCOC1=NS(=O)(=O)c2ccccc21.O=C(O)C(F)(F)F. The first-order chi connectivity index (χ1) is 10.6. The number of ether oxygens (including phenoxy) is 1. The summed E-state index contributed by atoms with van der Waals surface area (Å²) in [6.45, 7) is 0.876. The molecule has 0 unspecified atom stereocenters. The Hall–Kier alpha value is -2.14. The lowest BCUT2D eigenvalue weighted by Crippen LogP contribution is -2.21. The number of aliphatic carboxylic acids is 1. The molecule has 1 heterocycles. The molecule has 7 nitrogen and oxygen atoms in total. The van der Waals surface area contributed by atoms with Gasteiger partial charge in [-0.25, -0.2) is 4.79 Å². The fourth-order valence-electron chi connectivity index (χ4n) is 1.43. The number of hydrogen-bond donors (Lipinski definition) is 2. The zero-order valence-corrected chi connectivity index (χ0v) is 12.4. The van der Waals surface area contributed by atoms with Gasteiger partial charge in [-0.1, -0.05) is 12.1 Å². The van der Waals surface area contributed by atoms with Gasteiger partial charge in [-0.15, -0.1) is 4.40 Å². The first-order valence-electron chi connectivity index (χ1n) is 6.17. The number of benzene rings is 1. The highest BCUT2D eigenvalue weighted by molar-refractivity contribution is 7.90. The second-order valence-corrected chi connectivity index (χ2v) is 5.73. The van der Waals surface area contributed by atoms with E-state index in [0.29, 0.717) is 25.1 Å². The van der Waals surface area contributed by atoms with Crippen LogP contribution >= 0.6 is 0 Å². The summed E-state index contributed by atoms with van der Waals surface area (Å²) in [5, 5.41) is 7.12. The van der Waals surface area contributed by atoms with E-state index in [9.17, 15) is 21.6 Å². The van der Waals surface area contributed by atoms with E-state index in [1.165, 1.54) is 6.07 Å². The molecule has 0 spiro atoms. The van der Waals surface area contributed by atoms with Crippen LogP contribution in [0.25, 0.3) is 0 Å². The van der Waals surface area contributed by atoms with Crippen LogP contribution in [0.5, 0.6) is 0 Å². The molecule has 0 bridgehead atoms. The van der Waals surface area contributed by atoms with Crippen LogP contribution in [0.15, 0.2) is 33.6 Å². The van der Waals surface area contributed by atoms with E-state index >= 15 is 0 Å². The number of halogens is 3. The third-order valence-corrected chi connectivity index (χ3v) is 3.75. The van der Waals surface area contributed by atoms with Gasteiger partial charge < -0.3 is 15.6 Å². The van der Waals surface area contributed by atoms with Gasteiger partial charge >= 0.3 is 12.1 Å². The lowest BCUT2D eigenvalue weighted by atomic mass is 10.2. The summed E-state index contributed by atoms with van der Waals surface area (Å²) < 4.78 is 63.8. The van der Waals surface area contributed by atoms with Crippen molar-refractivity contribution >= 4 is 21.9 Å². The maximum absolute atomic E-state index is 11.6. The van der Waals surface area contributed by atoms with Gasteiger partial charge in [-0.3, -0.25) is 0 Å². The zero-order valence-electron chi connectivity index (χ0n) is 11.6. The number of rotatable bonds is 3. The standard InChI is InChI=1S/C10H12N2O3S.C2HF3O2/c11-6-3-7-15-10-8-4-1-2-5-9(8)16(13,14)12-10;3-2(4,5)1(6)7/h1-2,4-5H,3,6-7,11H2;(H,6,7). The molecule has 0 aromatic heterocycles. The fraction of sp³-hybridized carbons (Fsp3) is 0.333. The highest BCUT2D eigenvalue weighted by atomic mass is 32.2. The van der Waals surface area contributed by atoms with Crippen molar-refractivity contribution in [3.8, 4) is 0 Å². The van der Waals surface area contributed by atoms with Crippen LogP contribution in [0.2, 0.25) is 0 Å². The van der Waals surface area contributed by atoms with Crippen molar-refractivity contribution in [1.82, 2.24) is 0 Å². The Kier molecular flexibility index (Phi) is 6.10. The minimum absolute atomic E-state index is 0.170. The van der Waals surface area contributed by atoms with Gasteiger partial charge in [0.25, 0.3) is 10.0 Å². The lowest BCUT2D eigenvalue weighted by Gasteiger charge is -2.04. The van der Waals surface area contributed by atoms with E-state index in [-0.39, 0.29) is 10.8 Å². The van der Waals surface area contributed by atoms with Gasteiger partial charge in [0, 0.05) is 0 Å². The molecule has 0 saturated heterocycles. The van der Waals surface area contributed by atoms with Crippen LogP contribution in [0.1, 0.15) is 12.0 Å². The maximum Gasteiger partial charge on any atom is 0.490 e. The van der Waals surface area contributed by atoms with E-state index in [0.717, 1.165) is 0 Å². The number of carbonyl (C=O) groups is 1. The highest BCUT2D eigenvalue weighted by Crippen LogP contribution is 2.26. The van der Waals surface area contributed by atoms with Gasteiger partial charge in [-0.05, 0) is 25.1 Å². The Morgan fingerprint density at radius 2 is 1.87 bits per heavy atom. The molecule has 1 aromatic carbocycles. The minimum atomic E-state index is -5.08. The summed E-state index contributed by atoms with van der Waals surface area (Å²) in [4.78, 5) is 9.10. The summed E-state index contributed by atoms with van der Waals surface area (Å²) in [5.74, 6) is -2.59. The summed E-state index contributed by atoms with van der Waals surface area (Å²) in [7, 11) is -3.56. The second-order valence-electron chi connectivity index (χ2n) is 4.16. The van der Waals surface area contributed by atoms with E-state index in [4.69, 9.17) is 20.4 Å². The van der Waals surface area contributed by atoms with E-state index in [2.05, 4.69) is 4.40 Å². The summed E-state index contributed by atoms with van der Waals surface area (Å²) in [5.41, 5.74) is 5.85. The Morgan fingerprint density at radius 1 is 1.30 bits per heavy atom. The van der Waals surface area contributed by atoms with Crippen LogP contribution in [0.3, 0.4) is 0 Å². The predicted molar refractivity (Wildman–Crippen MR) is 73.5 cm³/mol. The largest absolute Gasteiger partial charge is 0.490 e. The number of carboxylic acid groups (broad SMARTS) is 1. The van der Waals surface area contributed by atoms with Crippen molar-refractivity contribution in [3.05, 3.63) is 29.8 Å². The zero-order chi connectivity index (χ0) is 17.7. The van der Waals surface area contributed by atoms with Crippen LogP contribution in [-0.2, 0) is 19.6 Å². The first kappa shape index (κ1) is 18.9. The highest BCUT2D eigenvalue weighted by Gasteiger charge is 2.38. The molecule has 1 aliphatic heterocycles. The van der Waals surface area contributed by atoms with Crippen molar-refractivity contribution < 1.29 is 36.2 Å². The molecule has 0 atom stereocenters. The van der Waals surface area contributed by atoms with Crippen LogP contribution in [-0.4, -0.2) is 44.7 Å². The van der Waals surface area contributed by atoms with Crippen molar-refractivity contribution in [2.75, 3.05) is 13.2 Å². The number of fused-ring (bicyclic) bond motifs is 1. The van der Waals surface area contributed by atoms with Gasteiger partial charge in [0.15, 0.2) is 0 Å². The minimum Gasteiger partial charge on any atom is -0.477 e. The number of carboxylic acids is 1. The molecule has 0 aliphatic carbocycles. The smallest absolute Gasteiger partial charge is 0.477 e. The van der Waals surface area contributed by atoms with Gasteiger partial charge in [0.05, 0.1) is 12.2 Å². The number of sulfonamides is 1. The molecular formula is C12H13F3N2O5S. The molecular weight excluding hydrogens is 341 g/mol. The molecule has 0 fully saturated rings. The summed E-state index contributed by atoms with van der Waals surface area (Å²) in [6.07, 6.45) is -4.42. The van der Waals surface area contributed by atoms with Crippen molar-refractivity contribution in [2.24, 2.45) is 10.1 Å². The Bertz CT molecular complexity index is 701. The third-order valence-electron chi connectivity index (χ3n) is 2.43. The van der Waals surface area contributed by atoms with Crippen molar-refractivity contribution in [1.29, 1.82) is 0 Å². The first-order valence-corrected chi connectivity index (χ1v) is 7.61. The van der Waals surface area contributed by atoms with E-state index in [1.807, 2.05) is 0 Å². The monoisotopic (exact) mass is 354 g/mol. The number of nitrogens with two attached hydrogens (primary N) is 1. The molecule has 11 heteroatoms. The Labute approximate surface area is 129 Å². The lowest BCUT2D eigenvalue weighted by molar-refractivity contribution is -0.192. The van der Waals surface area contributed by atoms with Crippen LogP contribution in [0.4, 0.5) is 13.2 Å². The van der Waals surface area contributed by atoms with Gasteiger partial charge in [0.2, 0.25) is 5.90 Å². The molecule has 1 aromatic rings. The normalized spacial score (nSPS) is 15.0. The number of hydrogen-bond acceptors (Lipinski definition) is 5. The second kappa shape index (κ2) is 7.42. The fourth-order valence-corrected chi connectivity index (χ4v) is 2.58. The average Bonchev–Trinajstić information content (AvgIpc) is 2.71. The maximum atomic E-state index is 11.6. The summed E-state index contributed by atoms with van der Waals surface area (Å²) >= 11 is 0.